The normalized spacial score (nSPS) is 8.67. The lowest BCUT2D eigenvalue weighted by atomic mass is 10.4. The fourth-order valence-corrected chi connectivity index (χ4v) is 2.26. The topological polar surface area (TPSA) is 0 Å². The average Bonchev–Trinajstić information content (AvgIpc) is 2.34. The van der Waals surface area contributed by atoms with Gasteiger partial charge in [0.2, 0.25) is 0 Å². The molecule has 15 heavy (non-hydrogen) atoms. The molecule has 0 spiro atoms. The second-order valence-corrected chi connectivity index (χ2v) is 4.26. The molecule has 0 aliphatic rings. The van der Waals surface area contributed by atoms with Crippen LogP contribution in [0.1, 0.15) is 0 Å². The second-order valence-electron chi connectivity index (χ2n) is 2.86. The van der Waals surface area contributed by atoms with E-state index in [0.717, 1.165) is 8.58 Å². The molecule has 0 saturated heterocycles. The first-order chi connectivity index (χ1) is 7.45. The van der Waals surface area contributed by atoms with Gasteiger partial charge in [-0.15, -0.1) is 12.8 Å². The van der Waals surface area contributed by atoms with Crippen molar-refractivity contribution in [1.82, 2.24) is 0 Å². The van der Waals surface area contributed by atoms with Crippen LogP contribution in [0, 0.1) is 12.8 Å². The van der Waals surface area contributed by atoms with E-state index in [2.05, 4.69) is 73.5 Å². The van der Waals surface area contributed by atoms with Crippen molar-refractivity contribution in [2.24, 2.45) is 0 Å². The molecule has 0 aliphatic carbocycles. The van der Waals surface area contributed by atoms with E-state index in [4.69, 9.17) is 0 Å². The highest BCUT2D eigenvalue weighted by atomic mass is 31.1. The van der Waals surface area contributed by atoms with Crippen LogP contribution in [0.25, 0.3) is 0 Å². The summed E-state index contributed by atoms with van der Waals surface area (Å²) >= 11 is 0. The van der Waals surface area contributed by atoms with Crippen molar-refractivity contribution < 1.29 is 0 Å². The van der Waals surface area contributed by atoms with Crippen molar-refractivity contribution in [2.45, 2.75) is 0 Å². The van der Waals surface area contributed by atoms with E-state index in [1.807, 2.05) is 0 Å². The van der Waals surface area contributed by atoms with Crippen molar-refractivity contribution in [3.8, 4) is 12.8 Å². The lowest BCUT2D eigenvalue weighted by Crippen LogP contribution is -2.01. The lowest BCUT2D eigenvalue weighted by molar-refractivity contribution is 1.76. The summed E-state index contributed by atoms with van der Waals surface area (Å²) in [7, 11) is 0.777. The predicted octanol–water partition coefficient (Wildman–Crippen LogP) is 2.57. The van der Waals surface area contributed by atoms with Gasteiger partial charge in [-0.05, 0) is 10.6 Å². The Morgan fingerprint density at radius 1 is 0.600 bits per heavy atom. The summed E-state index contributed by atoms with van der Waals surface area (Å²) in [6, 6.07) is 21.2. The zero-order valence-electron chi connectivity index (χ0n) is 8.43. The molecule has 0 bridgehead atoms. The monoisotopic (exact) mass is 212 g/mol. The third-order valence-electron chi connectivity index (χ3n) is 1.84. The van der Waals surface area contributed by atoms with Gasteiger partial charge in [-0.3, -0.25) is 0 Å². The molecule has 0 nitrogen and oxygen atoms in total. The van der Waals surface area contributed by atoms with Crippen LogP contribution in [-0.2, 0) is 0 Å². The summed E-state index contributed by atoms with van der Waals surface area (Å²) in [4.78, 5) is 0. The molecule has 0 saturated carbocycles. The molecular formula is C14H13P. The molecule has 0 heterocycles. The van der Waals surface area contributed by atoms with Crippen molar-refractivity contribution >= 4 is 19.2 Å². The van der Waals surface area contributed by atoms with Crippen molar-refractivity contribution in [3.05, 3.63) is 60.7 Å². The summed E-state index contributed by atoms with van der Waals surface area (Å²) in [5.74, 6) is 0. The molecule has 2 rings (SSSR count). The fraction of sp³-hybridized carbons (Fsp3) is 0. The minimum Gasteiger partial charge on any atom is -0.124 e. The van der Waals surface area contributed by atoms with Crippen LogP contribution >= 0.6 is 8.58 Å². The maximum Gasteiger partial charge on any atom is -0.0226 e. The standard InChI is InChI=1S/C12H11P.C2H2/c1-3-7-11(8-4-1)13-12-9-5-2-6-10-12;1-2/h1-10,13H;1-2H. The molecular weight excluding hydrogens is 199 g/mol. The van der Waals surface area contributed by atoms with Gasteiger partial charge in [0.25, 0.3) is 0 Å². The number of hydrogen-bond acceptors (Lipinski definition) is 0. The first kappa shape index (κ1) is 11.5. The van der Waals surface area contributed by atoms with Gasteiger partial charge in [-0.1, -0.05) is 69.2 Å². The van der Waals surface area contributed by atoms with E-state index in [0.29, 0.717) is 0 Å². The van der Waals surface area contributed by atoms with Gasteiger partial charge in [-0.25, -0.2) is 0 Å². The van der Waals surface area contributed by atoms with E-state index in [1.165, 1.54) is 10.6 Å². The Morgan fingerprint density at radius 2 is 0.933 bits per heavy atom. The van der Waals surface area contributed by atoms with E-state index in [-0.39, 0.29) is 0 Å². The van der Waals surface area contributed by atoms with Crippen LogP contribution in [0.15, 0.2) is 60.7 Å². The Morgan fingerprint density at radius 3 is 1.27 bits per heavy atom. The van der Waals surface area contributed by atoms with Crippen LogP contribution in [0.3, 0.4) is 0 Å². The number of benzene rings is 2. The molecule has 74 valence electrons. The van der Waals surface area contributed by atoms with Crippen LogP contribution in [0.4, 0.5) is 0 Å². The quantitative estimate of drug-likeness (QED) is 0.530. The first-order valence-electron chi connectivity index (χ1n) is 4.65. The minimum absolute atomic E-state index is 0.777. The maximum atomic E-state index is 4.00. The number of terminal acetylenes is 1. The maximum absolute atomic E-state index is 4.00. The second kappa shape index (κ2) is 6.82. The molecule has 0 aliphatic heterocycles. The molecule has 0 atom stereocenters. The summed E-state index contributed by atoms with van der Waals surface area (Å²) in [5.41, 5.74) is 0. The number of rotatable bonds is 2. The van der Waals surface area contributed by atoms with Crippen LogP contribution in [0.5, 0.6) is 0 Å². The summed E-state index contributed by atoms with van der Waals surface area (Å²) in [6.07, 6.45) is 8.00. The highest BCUT2D eigenvalue weighted by Crippen LogP contribution is 2.08. The Bertz CT molecular complexity index is 352. The Hall–Kier alpha value is -1.57. The van der Waals surface area contributed by atoms with Gasteiger partial charge in [0.15, 0.2) is 0 Å². The van der Waals surface area contributed by atoms with Gasteiger partial charge in [0.1, 0.15) is 0 Å². The molecule has 2 aromatic rings. The Kier molecular flexibility index (Phi) is 5.23. The van der Waals surface area contributed by atoms with Crippen LogP contribution in [0.2, 0.25) is 0 Å². The van der Waals surface area contributed by atoms with Crippen LogP contribution in [-0.4, -0.2) is 0 Å². The molecule has 0 aromatic heterocycles. The van der Waals surface area contributed by atoms with Crippen LogP contribution < -0.4 is 10.6 Å². The SMILES string of the molecule is C#C.c1ccc(Pc2ccccc2)cc1. The van der Waals surface area contributed by atoms with Gasteiger partial charge in [0, 0.05) is 0 Å². The fourth-order valence-electron chi connectivity index (χ4n) is 1.21. The Balaban J connectivity index is 0.000000531. The van der Waals surface area contributed by atoms with Crippen molar-refractivity contribution in [3.63, 3.8) is 0 Å². The smallest absolute Gasteiger partial charge is 0.0226 e. The van der Waals surface area contributed by atoms with Crippen molar-refractivity contribution in [1.29, 1.82) is 0 Å². The molecule has 0 fully saturated rings. The highest BCUT2D eigenvalue weighted by Gasteiger charge is 1.92. The lowest BCUT2D eigenvalue weighted by Gasteiger charge is -2.00. The largest absolute Gasteiger partial charge is 0.124 e. The van der Waals surface area contributed by atoms with Gasteiger partial charge >= 0.3 is 0 Å². The molecule has 1 heteroatoms. The third-order valence-corrected chi connectivity index (χ3v) is 3.08. The van der Waals surface area contributed by atoms with Crippen molar-refractivity contribution in [2.75, 3.05) is 0 Å². The van der Waals surface area contributed by atoms with Gasteiger partial charge in [-0.2, -0.15) is 0 Å². The first-order valence-corrected chi connectivity index (χ1v) is 5.65. The van der Waals surface area contributed by atoms with Gasteiger partial charge < -0.3 is 0 Å². The zero-order chi connectivity index (χ0) is 10.9. The van der Waals surface area contributed by atoms with E-state index in [9.17, 15) is 0 Å². The Labute approximate surface area is 93.1 Å². The summed E-state index contributed by atoms with van der Waals surface area (Å²) in [5, 5.41) is 2.79. The van der Waals surface area contributed by atoms with E-state index in [1.54, 1.807) is 0 Å². The molecule has 2 aromatic carbocycles. The molecule has 0 N–H and O–H groups in total. The minimum atomic E-state index is 0.777. The third kappa shape index (κ3) is 3.98. The zero-order valence-corrected chi connectivity index (χ0v) is 9.43. The highest BCUT2D eigenvalue weighted by molar-refractivity contribution is 7.55. The molecule has 0 unspecified atom stereocenters. The number of hydrogen-bond donors (Lipinski definition) is 0. The summed E-state index contributed by atoms with van der Waals surface area (Å²) in [6.45, 7) is 0. The van der Waals surface area contributed by atoms with Gasteiger partial charge in [0.05, 0.1) is 0 Å². The molecule has 0 radical (unpaired) electrons. The van der Waals surface area contributed by atoms with E-state index < -0.39 is 0 Å². The average molecular weight is 212 g/mol. The predicted molar refractivity (Wildman–Crippen MR) is 70.4 cm³/mol. The molecule has 0 amide bonds. The van der Waals surface area contributed by atoms with E-state index >= 15 is 0 Å². The summed E-state index contributed by atoms with van der Waals surface area (Å²) < 4.78 is 0.